The quantitative estimate of drug-likeness (QED) is 0.473. The highest BCUT2D eigenvalue weighted by molar-refractivity contribution is 8.18. The molecular weight excluding hydrogens is 474 g/mol. The van der Waals surface area contributed by atoms with Crippen LogP contribution in [0.25, 0.3) is 5.57 Å². The van der Waals surface area contributed by atoms with E-state index in [9.17, 15) is 5.11 Å². The van der Waals surface area contributed by atoms with Crippen molar-refractivity contribution < 1.29 is 14.6 Å². The zero-order valence-corrected chi connectivity index (χ0v) is 22.0. The molecule has 0 aromatic heterocycles. The third kappa shape index (κ3) is 5.07. The van der Waals surface area contributed by atoms with Crippen LogP contribution in [0, 0.1) is 0 Å². The van der Waals surface area contributed by atoms with Crippen molar-refractivity contribution in [3.63, 3.8) is 0 Å². The van der Waals surface area contributed by atoms with Gasteiger partial charge in [0.25, 0.3) is 0 Å². The van der Waals surface area contributed by atoms with Crippen LogP contribution in [0.4, 0.5) is 0 Å². The minimum atomic E-state index is -0.109. The number of phenols is 1. The van der Waals surface area contributed by atoms with Crippen LogP contribution in [0.3, 0.4) is 0 Å². The Labute approximate surface area is 217 Å². The van der Waals surface area contributed by atoms with Crippen LogP contribution >= 0.6 is 23.5 Å². The van der Waals surface area contributed by atoms with Crippen LogP contribution in [0.15, 0.2) is 48.0 Å². The molecule has 0 radical (unpaired) electrons. The standard InChI is InChI=1S/C29H35NO3S2/c31-22-7-10-25-24-11-12-29(34-17-4-18-35-29)20-26(24)28(33-27(25)19-22)21-5-8-23(9-6-21)32-16-15-30-13-2-1-3-14-30/h5-10,19,28,31H,1-4,11-18,20H2. The lowest BCUT2D eigenvalue weighted by Gasteiger charge is -2.44. The SMILES string of the molecule is Oc1ccc2c(c1)OC(c1ccc(OCCN3CCCCC3)cc1)C1=C2CCC2(C1)SCCCS2. The molecule has 0 amide bonds. The van der Waals surface area contributed by atoms with Crippen molar-refractivity contribution in [3.8, 4) is 17.2 Å². The number of hydrogen-bond acceptors (Lipinski definition) is 6. The number of nitrogens with zero attached hydrogens (tertiary/aromatic N) is 1. The van der Waals surface area contributed by atoms with Crippen molar-refractivity contribution >= 4 is 29.1 Å². The van der Waals surface area contributed by atoms with Crippen molar-refractivity contribution in [2.45, 2.75) is 55.1 Å². The summed E-state index contributed by atoms with van der Waals surface area (Å²) in [7, 11) is 0. The van der Waals surface area contributed by atoms with Gasteiger partial charge in [-0.3, -0.25) is 4.90 Å². The molecule has 1 spiro atoms. The molecule has 4 nitrogen and oxygen atoms in total. The predicted molar refractivity (Wildman–Crippen MR) is 147 cm³/mol. The van der Waals surface area contributed by atoms with E-state index < -0.39 is 0 Å². The van der Waals surface area contributed by atoms with E-state index in [1.165, 1.54) is 67.8 Å². The lowest BCUT2D eigenvalue weighted by atomic mass is 9.80. The molecule has 1 N–H and O–H groups in total. The summed E-state index contributed by atoms with van der Waals surface area (Å²) in [6.45, 7) is 4.14. The molecule has 6 rings (SSSR count). The first-order chi connectivity index (χ1) is 17.2. The number of phenolic OH excluding ortho intramolecular Hbond substituents is 1. The number of aromatic hydroxyl groups is 1. The van der Waals surface area contributed by atoms with Gasteiger partial charge in [0, 0.05) is 18.2 Å². The van der Waals surface area contributed by atoms with Gasteiger partial charge in [0.2, 0.25) is 0 Å². The van der Waals surface area contributed by atoms with Crippen LogP contribution in [-0.4, -0.2) is 51.8 Å². The van der Waals surface area contributed by atoms with E-state index in [4.69, 9.17) is 9.47 Å². The fourth-order valence-electron chi connectivity index (χ4n) is 5.92. The number of likely N-dealkylation sites (tertiary alicyclic amines) is 1. The molecule has 2 aromatic carbocycles. The van der Waals surface area contributed by atoms with E-state index in [1.807, 2.05) is 6.07 Å². The minimum absolute atomic E-state index is 0.109. The van der Waals surface area contributed by atoms with Crippen molar-refractivity contribution in [1.82, 2.24) is 4.90 Å². The molecule has 0 saturated carbocycles. The Morgan fingerprint density at radius 3 is 2.60 bits per heavy atom. The molecule has 6 heteroatoms. The van der Waals surface area contributed by atoms with Gasteiger partial charge in [-0.25, -0.2) is 0 Å². The number of benzene rings is 2. The number of rotatable bonds is 5. The van der Waals surface area contributed by atoms with Gasteiger partial charge in [-0.05, 0) is 104 Å². The van der Waals surface area contributed by atoms with Gasteiger partial charge in [0.05, 0.1) is 4.08 Å². The molecule has 2 fully saturated rings. The maximum atomic E-state index is 10.1. The molecule has 3 heterocycles. The lowest BCUT2D eigenvalue weighted by Crippen LogP contribution is -2.33. The molecule has 4 aliphatic rings. The first kappa shape index (κ1) is 23.6. The number of piperidine rings is 1. The largest absolute Gasteiger partial charge is 0.508 e. The molecule has 1 unspecified atom stereocenters. The fraction of sp³-hybridized carbons (Fsp3) is 0.517. The van der Waals surface area contributed by atoms with Crippen LogP contribution in [0.2, 0.25) is 0 Å². The van der Waals surface area contributed by atoms with Gasteiger partial charge in [0.1, 0.15) is 30.0 Å². The van der Waals surface area contributed by atoms with E-state index in [0.29, 0.717) is 0 Å². The summed E-state index contributed by atoms with van der Waals surface area (Å²) in [5, 5.41) is 10.1. The number of fused-ring (bicyclic) bond motifs is 2. The maximum absolute atomic E-state index is 10.1. The minimum Gasteiger partial charge on any atom is -0.508 e. The van der Waals surface area contributed by atoms with Gasteiger partial charge in [-0.15, -0.1) is 23.5 Å². The third-order valence-corrected chi connectivity index (χ3v) is 11.2. The summed E-state index contributed by atoms with van der Waals surface area (Å²) in [4.78, 5) is 2.51. The van der Waals surface area contributed by atoms with Gasteiger partial charge in [0.15, 0.2) is 0 Å². The van der Waals surface area contributed by atoms with Gasteiger partial charge in [-0.1, -0.05) is 18.6 Å². The van der Waals surface area contributed by atoms with Crippen LogP contribution in [-0.2, 0) is 0 Å². The van der Waals surface area contributed by atoms with Crippen molar-refractivity contribution in [1.29, 1.82) is 0 Å². The maximum Gasteiger partial charge on any atom is 0.146 e. The highest BCUT2D eigenvalue weighted by atomic mass is 32.2. The van der Waals surface area contributed by atoms with E-state index in [2.05, 4.69) is 52.7 Å². The van der Waals surface area contributed by atoms with Crippen molar-refractivity contribution in [2.75, 3.05) is 37.7 Å². The molecule has 1 aliphatic carbocycles. The summed E-state index contributed by atoms with van der Waals surface area (Å²) in [6.07, 6.45) is 8.54. The monoisotopic (exact) mass is 509 g/mol. The van der Waals surface area contributed by atoms with Gasteiger partial charge >= 0.3 is 0 Å². The Morgan fingerprint density at radius 2 is 1.80 bits per heavy atom. The Balaban J connectivity index is 1.22. The second-order valence-corrected chi connectivity index (χ2v) is 13.4. The van der Waals surface area contributed by atoms with Gasteiger partial charge in [-0.2, -0.15) is 0 Å². The highest BCUT2D eigenvalue weighted by Gasteiger charge is 2.43. The average Bonchev–Trinajstić information content (AvgIpc) is 2.89. The second kappa shape index (κ2) is 10.3. The third-order valence-electron chi connectivity index (χ3n) is 7.78. The predicted octanol–water partition coefficient (Wildman–Crippen LogP) is 6.89. The summed E-state index contributed by atoms with van der Waals surface area (Å²) in [6, 6.07) is 14.1. The summed E-state index contributed by atoms with van der Waals surface area (Å²) in [5.41, 5.74) is 5.18. The smallest absolute Gasteiger partial charge is 0.146 e. The highest BCUT2D eigenvalue weighted by Crippen LogP contribution is 2.58. The number of ether oxygens (including phenoxy) is 2. The van der Waals surface area contributed by atoms with E-state index in [0.717, 1.165) is 48.6 Å². The molecule has 0 bridgehead atoms. The van der Waals surface area contributed by atoms with Crippen molar-refractivity contribution in [2.24, 2.45) is 0 Å². The van der Waals surface area contributed by atoms with E-state index in [1.54, 1.807) is 12.1 Å². The van der Waals surface area contributed by atoms with Crippen LogP contribution in [0.5, 0.6) is 17.2 Å². The Morgan fingerprint density at radius 1 is 1.00 bits per heavy atom. The number of hydrogen-bond donors (Lipinski definition) is 1. The summed E-state index contributed by atoms with van der Waals surface area (Å²) in [5.74, 6) is 4.50. The Bertz CT molecular complexity index is 1070. The number of allylic oxidation sites excluding steroid dienone is 1. The van der Waals surface area contributed by atoms with Crippen molar-refractivity contribution in [3.05, 3.63) is 59.2 Å². The van der Waals surface area contributed by atoms with Crippen LogP contribution < -0.4 is 9.47 Å². The fourth-order valence-corrected chi connectivity index (χ4v) is 9.27. The normalized spacial score (nSPS) is 23.9. The second-order valence-electron chi connectivity index (χ2n) is 10.1. The first-order valence-electron chi connectivity index (χ1n) is 13.1. The number of thioether (sulfide) groups is 2. The Kier molecular flexibility index (Phi) is 6.96. The Hall–Kier alpha value is -1.76. The molecule has 35 heavy (non-hydrogen) atoms. The molecular formula is C29H35NO3S2. The first-order valence-corrected chi connectivity index (χ1v) is 15.1. The molecule has 3 aliphatic heterocycles. The molecule has 2 saturated heterocycles. The van der Waals surface area contributed by atoms with Gasteiger partial charge < -0.3 is 14.6 Å². The zero-order valence-electron chi connectivity index (χ0n) is 20.3. The lowest BCUT2D eigenvalue weighted by molar-refractivity contribution is 0.183. The summed E-state index contributed by atoms with van der Waals surface area (Å²) >= 11 is 4.31. The zero-order chi connectivity index (χ0) is 23.7. The summed E-state index contributed by atoms with van der Waals surface area (Å²) < 4.78 is 13.0. The van der Waals surface area contributed by atoms with E-state index >= 15 is 0 Å². The average molecular weight is 510 g/mol. The van der Waals surface area contributed by atoms with E-state index in [-0.39, 0.29) is 15.9 Å². The van der Waals surface area contributed by atoms with Crippen LogP contribution in [0.1, 0.15) is 62.2 Å². The topological polar surface area (TPSA) is 41.9 Å². The molecule has 1 atom stereocenters. The molecule has 2 aromatic rings. The molecule has 186 valence electrons.